The van der Waals surface area contributed by atoms with Gasteiger partial charge in [-0.1, -0.05) is 39.2 Å². The number of ketones is 2. The van der Waals surface area contributed by atoms with E-state index in [0.29, 0.717) is 17.6 Å². The molecule has 29 heavy (non-hydrogen) atoms. The zero-order valence-corrected chi connectivity index (χ0v) is 19.9. The molecule has 1 rings (SSSR count). The van der Waals surface area contributed by atoms with Crippen molar-refractivity contribution in [2.24, 2.45) is 0 Å². The Bertz CT molecular complexity index is 740. The van der Waals surface area contributed by atoms with Crippen molar-refractivity contribution in [3.8, 4) is 0 Å². The smallest absolute Gasteiger partial charge is 0.228 e. The van der Waals surface area contributed by atoms with Crippen LogP contribution >= 0.6 is 15.9 Å². The molecule has 0 bridgehead atoms. The molecule has 0 aromatic rings. The standard InChI is InChI=1S/C23H33BrO5/c1-14(8-7-9-15(2)11-13-19(24)17(4)25)10-12-18-16(3)20(26)22(28-5)23(29-6)21(18)27/h9-10,17,19,25H,7-8,11-13H2,1-6H3. The molecule has 5 nitrogen and oxygen atoms in total. The van der Waals surface area contributed by atoms with E-state index in [-0.39, 0.29) is 34.0 Å². The van der Waals surface area contributed by atoms with Gasteiger partial charge in [0, 0.05) is 16.0 Å². The average Bonchev–Trinajstić information content (AvgIpc) is 2.68. The van der Waals surface area contributed by atoms with Crippen LogP contribution in [0.2, 0.25) is 0 Å². The van der Waals surface area contributed by atoms with Gasteiger partial charge in [-0.05, 0) is 59.8 Å². The summed E-state index contributed by atoms with van der Waals surface area (Å²) in [6.45, 7) is 7.58. The molecule has 1 aliphatic carbocycles. The van der Waals surface area contributed by atoms with Gasteiger partial charge in [-0.25, -0.2) is 0 Å². The summed E-state index contributed by atoms with van der Waals surface area (Å²) < 4.78 is 10.2. The van der Waals surface area contributed by atoms with Crippen LogP contribution in [0.25, 0.3) is 0 Å². The van der Waals surface area contributed by atoms with Gasteiger partial charge in [-0.15, -0.1) is 0 Å². The lowest BCUT2D eigenvalue weighted by Gasteiger charge is -2.19. The number of hydrogen-bond donors (Lipinski definition) is 1. The van der Waals surface area contributed by atoms with E-state index in [1.54, 1.807) is 13.8 Å². The van der Waals surface area contributed by atoms with Crippen molar-refractivity contribution >= 4 is 27.5 Å². The number of aliphatic hydroxyl groups excluding tert-OH is 1. The number of ether oxygens (including phenoxy) is 2. The fraction of sp³-hybridized carbons (Fsp3) is 0.565. The van der Waals surface area contributed by atoms with E-state index in [1.807, 2.05) is 13.0 Å². The Hall–Kier alpha value is -1.66. The van der Waals surface area contributed by atoms with Crippen LogP contribution in [-0.2, 0) is 19.1 Å². The first-order valence-corrected chi connectivity index (χ1v) is 10.8. The molecule has 6 heteroatoms. The van der Waals surface area contributed by atoms with Crippen LogP contribution in [0.15, 0.2) is 46.0 Å². The van der Waals surface area contributed by atoms with E-state index in [9.17, 15) is 14.7 Å². The third-order valence-electron chi connectivity index (χ3n) is 5.12. The molecule has 0 saturated heterocycles. The number of carbonyl (C=O) groups excluding carboxylic acids is 2. The van der Waals surface area contributed by atoms with Crippen molar-refractivity contribution in [2.75, 3.05) is 14.2 Å². The number of rotatable bonds is 11. The molecule has 0 saturated carbocycles. The molecular formula is C23H33BrO5. The Morgan fingerprint density at radius 2 is 1.59 bits per heavy atom. The number of aliphatic hydroxyl groups is 1. The minimum absolute atomic E-state index is 0.0231. The Kier molecular flexibility index (Phi) is 10.6. The van der Waals surface area contributed by atoms with Crippen LogP contribution in [0.4, 0.5) is 0 Å². The van der Waals surface area contributed by atoms with Crippen LogP contribution in [0.1, 0.15) is 59.8 Å². The van der Waals surface area contributed by atoms with Crippen LogP contribution < -0.4 is 0 Å². The van der Waals surface area contributed by atoms with Gasteiger partial charge in [0.2, 0.25) is 23.1 Å². The third-order valence-corrected chi connectivity index (χ3v) is 6.34. The van der Waals surface area contributed by atoms with E-state index < -0.39 is 0 Å². The summed E-state index contributed by atoms with van der Waals surface area (Å²) in [5.74, 6) is -0.638. The van der Waals surface area contributed by atoms with Gasteiger partial charge in [0.05, 0.1) is 20.3 Å². The summed E-state index contributed by atoms with van der Waals surface area (Å²) in [5, 5.41) is 9.52. The normalized spacial score (nSPS) is 18.3. The van der Waals surface area contributed by atoms with E-state index in [4.69, 9.17) is 9.47 Å². The van der Waals surface area contributed by atoms with Gasteiger partial charge >= 0.3 is 0 Å². The number of carbonyl (C=O) groups is 2. The fourth-order valence-electron chi connectivity index (χ4n) is 3.07. The summed E-state index contributed by atoms with van der Waals surface area (Å²) in [7, 11) is 2.73. The van der Waals surface area contributed by atoms with E-state index >= 15 is 0 Å². The Morgan fingerprint density at radius 3 is 2.14 bits per heavy atom. The quantitative estimate of drug-likeness (QED) is 0.264. The molecule has 0 aromatic carbocycles. The van der Waals surface area contributed by atoms with E-state index in [1.165, 1.54) is 19.8 Å². The molecule has 0 radical (unpaired) electrons. The largest absolute Gasteiger partial charge is 0.489 e. The number of methoxy groups -OCH3 is 2. The van der Waals surface area contributed by atoms with Gasteiger partial charge in [0.25, 0.3) is 0 Å². The second kappa shape index (κ2) is 12.1. The average molecular weight is 469 g/mol. The van der Waals surface area contributed by atoms with Gasteiger partial charge in [-0.3, -0.25) is 9.59 Å². The van der Waals surface area contributed by atoms with E-state index in [0.717, 1.165) is 31.3 Å². The predicted octanol–water partition coefficient (Wildman–Crippen LogP) is 4.95. The Balaban J connectivity index is 2.67. The molecule has 0 spiro atoms. The number of halogens is 1. The van der Waals surface area contributed by atoms with Gasteiger partial charge in [0.15, 0.2) is 0 Å². The molecular weight excluding hydrogens is 436 g/mol. The molecule has 1 N–H and O–H groups in total. The van der Waals surface area contributed by atoms with Gasteiger partial charge in [0.1, 0.15) is 0 Å². The summed E-state index contributed by atoms with van der Waals surface area (Å²) in [5.41, 5.74) is 3.34. The molecule has 0 fully saturated rings. The van der Waals surface area contributed by atoms with Crippen molar-refractivity contribution in [3.05, 3.63) is 46.0 Å². The lowest BCUT2D eigenvalue weighted by atomic mass is 9.90. The summed E-state index contributed by atoms with van der Waals surface area (Å²) in [6, 6.07) is 0. The van der Waals surface area contributed by atoms with Crippen LogP contribution in [-0.4, -0.2) is 41.8 Å². The SMILES string of the molecule is COC1=C(OC)C(=O)C(CC=C(C)CCC=C(C)CCC(Br)C(C)O)=C(C)C1=O. The number of Topliss-reactive ketones (excluding diaryl/α,β-unsaturated/α-hetero) is 2. The Labute approximate surface area is 182 Å². The summed E-state index contributed by atoms with van der Waals surface area (Å²) >= 11 is 3.49. The van der Waals surface area contributed by atoms with Crippen LogP contribution in [0, 0.1) is 0 Å². The minimum Gasteiger partial charge on any atom is -0.489 e. The highest BCUT2D eigenvalue weighted by atomic mass is 79.9. The second-order valence-electron chi connectivity index (χ2n) is 7.47. The Morgan fingerprint density at radius 1 is 1.03 bits per heavy atom. The maximum atomic E-state index is 12.6. The zero-order valence-electron chi connectivity index (χ0n) is 18.3. The molecule has 0 aromatic heterocycles. The first kappa shape index (κ1) is 25.4. The van der Waals surface area contributed by atoms with Gasteiger partial charge < -0.3 is 14.6 Å². The van der Waals surface area contributed by atoms with Crippen LogP contribution in [0.5, 0.6) is 0 Å². The van der Waals surface area contributed by atoms with Crippen molar-refractivity contribution in [3.63, 3.8) is 0 Å². The molecule has 0 amide bonds. The second-order valence-corrected chi connectivity index (χ2v) is 8.64. The highest BCUT2D eigenvalue weighted by Crippen LogP contribution is 2.28. The zero-order chi connectivity index (χ0) is 22.1. The lowest BCUT2D eigenvalue weighted by Crippen LogP contribution is -2.24. The van der Waals surface area contributed by atoms with E-state index in [2.05, 4.69) is 28.9 Å². The minimum atomic E-state index is -0.353. The highest BCUT2D eigenvalue weighted by Gasteiger charge is 2.34. The van der Waals surface area contributed by atoms with Crippen molar-refractivity contribution in [1.29, 1.82) is 0 Å². The predicted molar refractivity (Wildman–Crippen MR) is 119 cm³/mol. The molecule has 2 unspecified atom stereocenters. The first-order valence-electron chi connectivity index (χ1n) is 9.88. The fourth-order valence-corrected chi connectivity index (χ4v) is 3.30. The highest BCUT2D eigenvalue weighted by molar-refractivity contribution is 9.09. The molecule has 162 valence electrons. The number of alkyl halides is 1. The summed E-state index contributed by atoms with van der Waals surface area (Å²) in [4.78, 5) is 25.2. The molecule has 1 aliphatic rings. The molecule has 2 atom stereocenters. The van der Waals surface area contributed by atoms with Crippen molar-refractivity contribution in [2.45, 2.75) is 70.7 Å². The maximum absolute atomic E-state index is 12.6. The van der Waals surface area contributed by atoms with Crippen LogP contribution in [0.3, 0.4) is 0 Å². The lowest BCUT2D eigenvalue weighted by molar-refractivity contribution is -0.121. The number of hydrogen-bond acceptors (Lipinski definition) is 5. The first-order chi connectivity index (χ1) is 13.6. The van der Waals surface area contributed by atoms with Gasteiger partial charge in [-0.2, -0.15) is 0 Å². The monoisotopic (exact) mass is 468 g/mol. The number of allylic oxidation sites excluding steroid dienone is 6. The third kappa shape index (κ3) is 7.27. The van der Waals surface area contributed by atoms with Crippen molar-refractivity contribution in [1.82, 2.24) is 0 Å². The topological polar surface area (TPSA) is 72.8 Å². The summed E-state index contributed by atoms with van der Waals surface area (Å²) in [6.07, 6.45) is 7.91. The van der Waals surface area contributed by atoms with Crippen molar-refractivity contribution < 1.29 is 24.2 Å². The molecule has 0 heterocycles. The maximum Gasteiger partial charge on any atom is 0.228 e. The molecule has 0 aliphatic heterocycles.